The summed E-state index contributed by atoms with van der Waals surface area (Å²) in [6.07, 6.45) is 8.31. The van der Waals surface area contributed by atoms with Crippen LogP contribution in [-0.2, 0) is 22.4 Å². The van der Waals surface area contributed by atoms with E-state index in [1.807, 2.05) is 17.0 Å². The Hall–Kier alpha value is -2.83. The number of nitrogens with zero attached hydrogens (tertiary/aromatic N) is 2. The molecule has 2 N–H and O–H groups in total. The van der Waals surface area contributed by atoms with Gasteiger partial charge in [0.1, 0.15) is 17.4 Å². The predicted molar refractivity (Wildman–Crippen MR) is 108 cm³/mol. The van der Waals surface area contributed by atoms with Crippen molar-refractivity contribution in [2.24, 2.45) is 0 Å². The van der Waals surface area contributed by atoms with Gasteiger partial charge in [0.2, 0.25) is 11.8 Å². The van der Waals surface area contributed by atoms with Gasteiger partial charge in [-0.15, -0.1) is 0 Å². The highest BCUT2D eigenvalue weighted by molar-refractivity contribution is 5.87. The van der Waals surface area contributed by atoms with E-state index in [0.717, 1.165) is 43.5 Å². The van der Waals surface area contributed by atoms with Crippen LogP contribution in [0.5, 0.6) is 5.75 Å². The van der Waals surface area contributed by atoms with Gasteiger partial charge in [-0.25, -0.2) is 4.98 Å². The lowest BCUT2D eigenvalue weighted by molar-refractivity contribution is -0.136. The summed E-state index contributed by atoms with van der Waals surface area (Å²) in [6.45, 7) is 2.77. The summed E-state index contributed by atoms with van der Waals surface area (Å²) in [6, 6.07) is 7.65. The number of H-pyrrole nitrogens is 1. The van der Waals surface area contributed by atoms with E-state index in [2.05, 4.69) is 27.4 Å². The van der Waals surface area contributed by atoms with E-state index in [9.17, 15) is 9.59 Å². The Morgan fingerprint density at radius 2 is 2.14 bits per heavy atom. The van der Waals surface area contributed by atoms with E-state index in [4.69, 9.17) is 4.74 Å². The van der Waals surface area contributed by atoms with Gasteiger partial charge in [-0.3, -0.25) is 9.59 Å². The Labute approximate surface area is 170 Å². The number of benzene rings is 1. The molecule has 0 saturated carbocycles. The first kappa shape index (κ1) is 19.5. The average Bonchev–Trinajstić information content (AvgIpc) is 3.14. The molecule has 29 heavy (non-hydrogen) atoms. The highest BCUT2D eigenvalue weighted by atomic mass is 16.5. The lowest BCUT2D eigenvalue weighted by atomic mass is 9.85. The Morgan fingerprint density at radius 3 is 2.93 bits per heavy atom. The minimum absolute atomic E-state index is 0.0388. The maximum Gasteiger partial charge on any atom is 0.245 e. The van der Waals surface area contributed by atoms with E-state index in [1.54, 1.807) is 12.5 Å². The maximum absolute atomic E-state index is 13.2. The van der Waals surface area contributed by atoms with Crippen molar-refractivity contribution in [3.8, 4) is 5.75 Å². The van der Waals surface area contributed by atoms with E-state index in [0.29, 0.717) is 19.5 Å². The summed E-state index contributed by atoms with van der Waals surface area (Å²) in [5.74, 6) is 0.735. The Kier molecular flexibility index (Phi) is 5.56. The van der Waals surface area contributed by atoms with Crippen molar-refractivity contribution in [1.82, 2.24) is 20.2 Å². The number of amides is 2. The zero-order valence-corrected chi connectivity index (χ0v) is 16.8. The third-order valence-electron chi connectivity index (χ3n) is 6.01. The molecule has 2 atom stereocenters. The number of nitrogens with one attached hydrogen (secondary N) is 2. The van der Waals surface area contributed by atoms with Crippen molar-refractivity contribution in [3.05, 3.63) is 48.0 Å². The van der Waals surface area contributed by atoms with Crippen LogP contribution < -0.4 is 10.1 Å². The number of carbonyl (C=O) groups excluding carboxylic acids is 2. The molecule has 0 bridgehead atoms. The second-order valence-electron chi connectivity index (χ2n) is 8.11. The topological polar surface area (TPSA) is 87.3 Å². The fourth-order valence-electron chi connectivity index (χ4n) is 4.48. The number of carbonyl (C=O) groups is 2. The van der Waals surface area contributed by atoms with E-state index in [-0.39, 0.29) is 17.4 Å². The zero-order valence-electron chi connectivity index (χ0n) is 16.8. The number of ether oxygens (including phenoxy) is 1. The molecule has 7 nitrogen and oxygen atoms in total. The minimum atomic E-state index is -0.588. The molecule has 2 amide bonds. The molecule has 2 aliphatic heterocycles. The molecule has 1 spiro atoms. The first-order valence-electron chi connectivity index (χ1n) is 10.3. The number of para-hydroxylation sites is 1. The largest absolute Gasteiger partial charge is 0.487 e. The molecule has 0 aliphatic carbocycles. The average molecular weight is 396 g/mol. The smallest absolute Gasteiger partial charge is 0.245 e. The number of fused-ring (bicyclic) bond motifs is 1. The van der Waals surface area contributed by atoms with Crippen LogP contribution in [-0.4, -0.2) is 51.4 Å². The second-order valence-corrected chi connectivity index (χ2v) is 8.11. The Bertz CT molecular complexity index is 867. The lowest BCUT2D eigenvalue weighted by Crippen LogP contribution is -2.50. The predicted octanol–water partition coefficient (Wildman–Crippen LogP) is 2.23. The molecule has 3 heterocycles. The molecule has 1 aromatic heterocycles. The Morgan fingerprint density at radius 1 is 1.28 bits per heavy atom. The molecule has 0 unspecified atom stereocenters. The van der Waals surface area contributed by atoms with Gasteiger partial charge in [-0.05, 0) is 37.3 Å². The molecule has 4 rings (SSSR count). The molecule has 1 fully saturated rings. The number of hydrogen-bond donors (Lipinski definition) is 2. The van der Waals surface area contributed by atoms with Crippen molar-refractivity contribution in [2.75, 3.05) is 13.1 Å². The third kappa shape index (κ3) is 4.44. The summed E-state index contributed by atoms with van der Waals surface area (Å²) in [5.41, 5.74) is 1.90. The maximum atomic E-state index is 13.2. The molecule has 0 radical (unpaired) electrons. The van der Waals surface area contributed by atoms with Gasteiger partial charge in [0.15, 0.2) is 0 Å². The molecule has 1 aromatic carbocycles. The van der Waals surface area contributed by atoms with Gasteiger partial charge in [-0.1, -0.05) is 18.2 Å². The van der Waals surface area contributed by atoms with Crippen LogP contribution in [0.3, 0.4) is 0 Å². The van der Waals surface area contributed by atoms with Crippen LogP contribution in [0.1, 0.15) is 43.9 Å². The summed E-state index contributed by atoms with van der Waals surface area (Å²) in [4.78, 5) is 33.8. The fraction of sp³-hybridized carbons (Fsp3) is 0.500. The lowest BCUT2D eigenvalue weighted by Gasteiger charge is -2.38. The number of aromatic amines is 1. The Balaban J connectivity index is 1.44. The van der Waals surface area contributed by atoms with E-state index >= 15 is 0 Å². The van der Waals surface area contributed by atoms with Gasteiger partial charge < -0.3 is 19.9 Å². The van der Waals surface area contributed by atoms with E-state index in [1.165, 1.54) is 12.5 Å². The highest BCUT2D eigenvalue weighted by Crippen LogP contribution is 2.39. The number of imidazole rings is 1. The van der Waals surface area contributed by atoms with E-state index < -0.39 is 6.04 Å². The second kappa shape index (κ2) is 8.27. The summed E-state index contributed by atoms with van der Waals surface area (Å²) in [5, 5.41) is 2.81. The SMILES string of the molecule is CC(=O)N[C@H](Cc1cnc[nH]1)C(=O)N1CCC[C@@]2(CCc3ccccc3O2)CC1. The van der Waals surface area contributed by atoms with Crippen LogP contribution in [0, 0.1) is 0 Å². The van der Waals surface area contributed by atoms with Crippen molar-refractivity contribution < 1.29 is 14.3 Å². The normalized spacial score (nSPS) is 22.3. The number of hydrogen-bond acceptors (Lipinski definition) is 4. The van der Waals surface area contributed by atoms with Gasteiger partial charge in [0.05, 0.1) is 6.33 Å². The van der Waals surface area contributed by atoms with Crippen molar-refractivity contribution in [3.63, 3.8) is 0 Å². The van der Waals surface area contributed by atoms with Crippen LogP contribution >= 0.6 is 0 Å². The van der Waals surface area contributed by atoms with Crippen molar-refractivity contribution in [1.29, 1.82) is 0 Å². The standard InChI is InChI=1S/C22H28N4O3/c1-16(27)25-19(13-18-14-23-15-24-18)21(28)26-11-4-8-22(10-12-26)9-7-17-5-2-3-6-20(17)29-22/h2-3,5-6,14-15,19H,4,7-13H2,1H3,(H,23,24)(H,25,27)/t19-,22-/m1/s1. The quantitative estimate of drug-likeness (QED) is 0.830. The molecule has 154 valence electrons. The third-order valence-corrected chi connectivity index (χ3v) is 6.01. The minimum Gasteiger partial charge on any atom is -0.487 e. The molecular formula is C22H28N4O3. The number of aryl methyl sites for hydroxylation is 1. The van der Waals surface area contributed by atoms with Gasteiger partial charge in [0, 0.05) is 44.7 Å². The molecule has 7 heteroatoms. The summed E-state index contributed by atoms with van der Waals surface area (Å²) < 4.78 is 6.46. The number of likely N-dealkylation sites (tertiary alicyclic amines) is 1. The molecular weight excluding hydrogens is 368 g/mol. The summed E-state index contributed by atoms with van der Waals surface area (Å²) >= 11 is 0. The highest BCUT2D eigenvalue weighted by Gasteiger charge is 2.39. The first-order valence-corrected chi connectivity index (χ1v) is 10.3. The first-order chi connectivity index (χ1) is 14.0. The van der Waals surface area contributed by atoms with Crippen molar-refractivity contribution in [2.45, 2.75) is 57.1 Å². The zero-order chi connectivity index (χ0) is 20.3. The van der Waals surface area contributed by atoms with Crippen LogP contribution in [0.25, 0.3) is 0 Å². The fourth-order valence-corrected chi connectivity index (χ4v) is 4.48. The summed E-state index contributed by atoms with van der Waals surface area (Å²) in [7, 11) is 0. The van der Waals surface area contributed by atoms with Crippen LogP contribution in [0.15, 0.2) is 36.8 Å². The van der Waals surface area contributed by atoms with Crippen LogP contribution in [0.4, 0.5) is 0 Å². The molecule has 2 aliphatic rings. The number of rotatable bonds is 4. The van der Waals surface area contributed by atoms with Gasteiger partial charge in [0.25, 0.3) is 0 Å². The van der Waals surface area contributed by atoms with Gasteiger partial charge in [-0.2, -0.15) is 0 Å². The monoisotopic (exact) mass is 396 g/mol. The van der Waals surface area contributed by atoms with Crippen molar-refractivity contribution >= 4 is 11.8 Å². The van der Waals surface area contributed by atoms with Crippen LogP contribution in [0.2, 0.25) is 0 Å². The molecule has 1 saturated heterocycles. The van der Waals surface area contributed by atoms with Gasteiger partial charge >= 0.3 is 0 Å². The molecule has 2 aromatic rings. The number of aromatic nitrogens is 2.